The van der Waals surface area contributed by atoms with Gasteiger partial charge in [-0.05, 0) is 162 Å². The number of anilines is 3. The van der Waals surface area contributed by atoms with Gasteiger partial charge in [0, 0.05) is 22.6 Å². The molecular formula is C56H51NO2. The Labute approximate surface area is 350 Å². The van der Waals surface area contributed by atoms with Crippen LogP contribution < -0.4 is 4.90 Å². The lowest BCUT2D eigenvalue weighted by Gasteiger charge is -2.27. The number of hydrogen-bond donors (Lipinski definition) is 0. The molecule has 0 bridgehead atoms. The number of carbonyl (C=O) groups excluding carboxylic acids is 1. The van der Waals surface area contributed by atoms with E-state index in [9.17, 15) is 4.79 Å². The van der Waals surface area contributed by atoms with Crippen LogP contribution in [0.3, 0.4) is 0 Å². The average Bonchev–Trinajstić information content (AvgIpc) is 3.25. The van der Waals surface area contributed by atoms with E-state index >= 15 is 0 Å². The maximum atomic E-state index is 12.2. The molecule has 292 valence electrons. The van der Waals surface area contributed by atoms with E-state index in [4.69, 9.17) is 4.74 Å². The fourth-order valence-electron chi connectivity index (χ4n) is 7.25. The first-order chi connectivity index (χ1) is 28.5. The minimum atomic E-state index is -0.391. The van der Waals surface area contributed by atoms with Crippen LogP contribution in [0.4, 0.5) is 17.1 Å². The van der Waals surface area contributed by atoms with Crippen LogP contribution in [-0.2, 0) is 16.1 Å². The number of hydrogen-bond acceptors (Lipinski definition) is 3. The van der Waals surface area contributed by atoms with E-state index in [1.165, 1.54) is 55.7 Å². The minimum absolute atomic E-state index is 0.184. The highest BCUT2D eigenvalue weighted by Gasteiger charge is 2.17. The zero-order valence-electron chi connectivity index (χ0n) is 34.9. The first kappa shape index (κ1) is 40.2. The van der Waals surface area contributed by atoms with Gasteiger partial charge in [0.15, 0.2) is 0 Å². The molecule has 0 heterocycles. The molecule has 0 N–H and O–H groups in total. The average molecular weight is 770 g/mol. The van der Waals surface area contributed by atoms with Crippen LogP contribution in [0.15, 0.2) is 176 Å². The molecule has 0 amide bonds. The Hall–Kier alpha value is -6.97. The summed E-state index contributed by atoms with van der Waals surface area (Å²) in [5, 5.41) is 0. The molecule has 59 heavy (non-hydrogen) atoms. The number of benzene rings is 7. The molecular weight excluding hydrogens is 719 g/mol. The maximum absolute atomic E-state index is 12.2. The van der Waals surface area contributed by atoms with E-state index in [-0.39, 0.29) is 6.61 Å². The Morgan fingerprint density at radius 3 is 1.37 bits per heavy atom. The Kier molecular flexibility index (Phi) is 12.3. The molecule has 7 rings (SSSR count). The summed E-state index contributed by atoms with van der Waals surface area (Å²) in [7, 11) is 0. The van der Waals surface area contributed by atoms with Gasteiger partial charge in [-0.3, -0.25) is 0 Å². The van der Waals surface area contributed by atoms with Gasteiger partial charge in [-0.25, -0.2) is 4.79 Å². The van der Waals surface area contributed by atoms with E-state index in [1.807, 2.05) is 6.07 Å². The number of aryl methyl sites for hydroxylation is 5. The quantitative estimate of drug-likeness (QED) is 0.0704. The highest BCUT2D eigenvalue weighted by molar-refractivity contribution is 5.93. The molecule has 0 radical (unpaired) electrons. The standard InChI is InChI=1S/C56H51NO2/c1-38(2)56(58)59-37-46-24-31-55(43(7)32-46)57(51-27-20-44(21-28-51)35-53(47-14-10-8-11-15-47)49-25-18-39(3)41(5)33-49)52-29-22-45(23-30-52)36-54(48-16-12-9-13-17-48)50-26-19-40(4)42(6)34-50/h8-36H,1,37H2,2-7H3/b53-35-,54-36+. The fourth-order valence-corrected chi connectivity index (χ4v) is 7.25. The van der Waals surface area contributed by atoms with Crippen molar-refractivity contribution in [2.45, 2.75) is 48.1 Å². The van der Waals surface area contributed by atoms with E-state index in [0.29, 0.717) is 5.57 Å². The Morgan fingerprint density at radius 2 is 0.966 bits per heavy atom. The number of carbonyl (C=O) groups is 1. The summed E-state index contributed by atoms with van der Waals surface area (Å²) in [4.78, 5) is 14.5. The van der Waals surface area contributed by atoms with Gasteiger partial charge in [0.1, 0.15) is 6.61 Å². The number of ether oxygens (including phenoxy) is 1. The van der Waals surface area contributed by atoms with E-state index < -0.39 is 5.97 Å². The summed E-state index contributed by atoms with van der Waals surface area (Å²) < 4.78 is 5.49. The molecule has 3 nitrogen and oxygen atoms in total. The molecule has 0 saturated heterocycles. The van der Waals surface area contributed by atoms with Crippen molar-refractivity contribution in [3.63, 3.8) is 0 Å². The van der Waals surface area contributed by atoms with E-state index in [0.717, 1.165) is 39.3 Å². The second-order valence-corrected chi connectivity index (χ2v) is 15.4. The highest BCUT2D eigenvalue weighted by Crippen LogP contribution is 2.38. The smallest absolute Gasteiger partial charge is 0.333 e. The number of esters is 1. The van der Waals surface area contributed by atoms with Gasteiger partial charge >= 0.3 is 5.97 Å². The van der Waals surface area contributed by atoms with Crippen LogP contribution in [0.1, 0.15) is 73.7 Å². The third-order valence-electron chi connectivity index (χ3n) is 11.0. The zero-order chi connectivity index (χ0) is 41.5. The molecule has 0 fully saturated rings. The lowest BCUT2D eigenvalue weighted by Crippen LogP contribution is -2.12. The Morgan fingerprint density at radius 1 is 0.508 bits per heavy atom. The van der Waals surface area contributed by atoms with Gasteiger partial charge in [0.2, 0.25) is 0 Å². The van der Waals surface area contributed by atoms with Crippen molar-refractivity contribution in [1.29, 1.82) is 0 Å². The van der Waals surface area contributed by atoms with E-state index in [1.54, 1.807) is 6.92 Å². The molecule has 0 aliphatic heterocycles. The summed E-state index contributed by atoms with van der Waals surface area (Å²) in [5.74, 6) is -0.391. The molecule has 3 heteroatoms. The lowest BCUT2D eigenvalue weighted by atomic mass is 9.93. The molecule has 0 aromatic heterocycles. The predicted molar refractivity (Wildman–Crippen MR) is 249 cm³/mol. The summed E-state index contributed by atoms with van der Waals surface area (Å²) in [6.07, 6.45) is 4.56. The second-order valence-electron chi connectivity index (χ2n) is 15.4. The van der Waals surface area contributed by atoms with Gasteiger partial charge in [-0.1, -0.05) is 140 Å². The predicted octanol–water partition coefficient (Wildman–Crippen LogP) is 14.5. The first-order valence-electron chi connectivity index (χ1n) is 20.2. The van der Waals surface area contributed by atoms with Gasteiger partial charge in [-0.2, -0.15) is 0 Å². The van der Waals surface area contributed by atoms with Crippen molar-refractivity contribution >= 4 is 46.3 Å². The first-order valence-corrected chi connectivity index (χ1v) is 20.2. The molecule has 0 spiro atoms. The van der Waals surface area contributed by atoms with Crippen molar-refractivity contribution in [3.05, 3.63) is 243 Å². The minimum Gasteiger partial charge on any atom is -0.457 e. The SMILES string of the molecule is C=C(C)C(=O)OCc1ccc(N(c2ccc(/C=C(/c3ccccc3)c3ccc(C)c(C)c3)cc2)c2ccc(/C=C(\c3ccccc3)c3ccc(C)c(C)c3)cc2)c(C)c1. The van der Waals surface area contributed by atoms with E-state index in [2.05, 4.69) is 216 Å². The van der Waals surface area contributed by atoms with Gasteiger partial charge < -0.3 is 9.64 Å². The van der Waals surface area contributed by atoms with Crippen LogP contribution >= 0.6 is 0 Å². The highest BCUT2D eigenvalue weighted by atomic mass is 16.5. The van der Waals surface area contributed by atoms with Crippen LogP contribution in [0.2, 0.25) is 0 Å². The van der Waals surface area contributed by atoms with Gasteiger partial charge in [0.25, 0.3) is 0 Å². The molecule has 7 aromatic rings. The maximum Gasteiger partial charge on any atom is 0.333 e. The monoisotopic (exact) mass is 769 g/mol. The van der Waals surface area contributed by atoms with Gasteiger partial charge in [0.05, 0.1) is 0 Å². The molecule has 0 unspecified atom stereocenters. The van der Waals surface area contributed by atoms with Gasteiger partial charge in [-0.15, -0.1) is 0 Å². The lowest BCUT2D eigenvalue weighted by molar-refractivity contribution is -0.140. The molecule has 0 saturated carbocycles. The van der Waals surface area contributed by atoms with Crippen LogP contribution in [0, 0.1) is 34.6 Å². The summed E-state index contributed by atoms with van der Waals surface area (Å²) in [5.41, 5.74) is 19.9. The van der Waals surface area contributed by atoms with Crippen molar-refractivity contribution in [1.82, 2.24) is 0 Å². The van der Waals surface area contributed by atoms with Crippen molar-refractivity contribution < 1.29 is 9.53 Å². The Bertz CT molecular complexity index is 2520. The summed E-state index contributed by atoms with van der Waals surface area (Å²) in [6.45, 7) is 16.3. The second kappa shape index (κ2) is 18.1. The summed E-state index contributed by atoms with van der Waals surface area (Å²) >= 11 is 0. The molecule has 0 aliphatic carbocycles. The number of rotatable bonds is 12. The molecule has 7 aromatic carbocycles. The molecule has 0 atom stereocenters. The largest absolute Gasteiger partial charge is 0.457 e. The van der Waals surface area contributed by atoms with Crippen LogP contribution in [0.5, 0.6) is 0 Å². The number of nitrogens with zero attached hydrogens (tertiary/aromatic N) is 1. The van der Waals surface area contributed by atoms with Crippen molar-refractivity contribution in [2.24, 2.45) is 0 Å². The van der Waals surface area contributed by atoms with Crippen molar-refractivity contribution in [2.75, 3.05) is 4.90 Å². The van der Waals surface area contributed by atoms with Crippen molar-refractivity contribution in [3.8, 4) is 0 Å². The third kappa shape index (κ3) is 9.60. The topological polar surface area (TPSA) is 29.5 Å². The Balaban J connectivity index is 1.28. The fraction of sp³-hybridized carbons (Fsp3) is 0.125. The molecule has 0 aliphatic rings. The summed E-state index contributed by atoms with van der Waals surface area (Å²) in [6, 6.07) is 58.4. The zero-order valence-corrected chi connectivity index (χ0v) is 34.9. The third-order valence-corrected chi connectivity index (χ3v) is 11.0. The van der Waals surface area contributed by atoms with Crippen LogP contribution in [0.25, 0.3) is 23.3 Å². The van der Waals surface area contributed by atoms with Crippen LogP contribution in [-0.4, -0.2) is 5.97 Å². The normalized spacial score (nSPS) is 11.6.